The van der Waals surface area contributed by atoms with Gasteiger partial charge in [0, 0.05) is 39.8 Å². The van der Waals surface area contributed by atoms with Gasteiger partial charge in [-0.05, 0) is 17.7 Å². The quantitative estimate of drug-likeness (QED) is 0.711. The number of anilines is 1. The van der Waals surface area contributed by atoms with Crippen LogP contribution in [0.25, 0.3) is 11.0 Å². The van der Waals surface area contributed by atoms with Crippen LogP contribution in [0.3, 0.4) is 0 Å². The molecule has 1 aromatic carbocycles. The highest BCUT2D eigenvalue weighted by molar-refractivity contribution is 5.86. The average Bonchev–Trinajstić information content (AvgIpc) is 3.04. The largest absolute Gasteiger partial charge is 0.494 e. The van der Waals surface area contributed by atoms with Crippen LogP contribution < -0.4 is 9.64 Å². The normalized spacial score (nSPS) is 15.6. The van der Waals surface area contributed by atoms with Crippen molar-refractivity contribution >= 4 is 16.9 Å². The van der Waals surface area contributed by atoms with E-state index >= 15 is 0 Å². The lowest BCUT2D eigenvalue weighted by atomic mass is 10.1. The maximum absolute atomic E-state index is 13.9. The standard InChI is InChI=1S/C18H21FN6O/c1-23-17-14(10-22-23)18(21-12-20-17)25-7-5-24(6-8-25)11-13-3-4-16(26-2)15(19)9-13/h3-4,9-10,12H,5-8,11H2,1-2H3. The Bertz CT molecular complexity index is 919. The van der Waals surface area contributed by atoms with Crippen LogP contribution in [-0.4, -0.2) is 57.9 Å². The SMILES string of the molecule is COc1ccc(CN2CCN(c3ncnc4c3cnn4C)CC2)cc1F. The van der Waals surface area contributed by atoms with Gasteiger partial charge < -0.3 is 9.64 Å². The number of halogens is 1. The molecule has 136 valence electrons. The molecule has 0 unspecified atom stereocenters. The molecule has 4 rings (SSSR count). The first-order valence-electron chi connectivity index (χ1n) is 8.58. The number of aryl methyl sites for hydroxylation is 1. The summed E-state index contributed by atoms with van der Waals surface area (Å²) in [5, 5.41) is 5.25. The third-order valence-corrected chi connectivity index (χ3v) is 4.80. The van der Waals surface area contributed by atoms with Gasteiger partial charge in [0.25, 0.3) is 0 Å². The fourth-order valence-electron chi connectivity index (χ4n) is 3.39. The van der Waals surface area contributed by atoms with Gasteiger partial charge >= 0.3 is 0 Å². The van der Waals surface area contributed by atoms with Crippen molar-refractivity contribution in [2.75, 3.05) is 38.2 Å². The Balaban J connectivity index is 1.43. The minimum absolute atomic E-state index is 0.280. The molecule has 2 aromatic heterocycles. The third-order valence-electron chi connectivity index (χ3n) is 4.80. The van der Waals surface area contributed by atoms with Crippen LogP contribution in [0.15, 0.2) is 30.7 Å². The molecule has 0 spiro atoms. The molecule has 1 aliphatic heterocycles. The predicted molar refractivity (Wildman–Crippen MR) is 96.7 cm³/mol. The van der Waals surface area contributed by atoms with Gasteiger partial charge in [-0.15, -0.1) is 0 Å². The molecule has 0 atom stereocenters. The lowest BCUT2D eigenvalue weighted by Crippen LogP contribution is -2.46. The van der Waals surface area contributed by atoms with Crippen molar-refractivity contribution < 1.29 is 9.13 Å². The van der Waals surface area contributed by atoms with E-state index in [0.29, 0.717) is 0 Å². The summed E-state index contributed by atoms with van der Waals surface area (Å²) in [6, 6.07) is 5.15. The van der Waals surface area contributed by atoms with E-state index in [0.717, 1.165) is 55.1 Å². The van der Waals surface area contributed by atoms with Gasteiger partial charge in [-0.3, -0.25) is 9.58 Å². The number of fused-ring (bicyclic) bond motifs is 1. The second-order valence-corrected chi connectivity index (χ2v) is 6.43. The zero-order chi connectivity index (χ0) is 18.1. The van der Waals surface area contributed by atoms with E-state index in [-0.39, 0.29) is 11.6 Å². The molecule has 7 nitrogen and oxygen atoms in total. The zero-order valence-corrected chi connectivity index (χ0v) is 14.9. The van der Waals surface area contributed by atoms with Crippen molar-refractivity contribution in [3.63, 3.8) is 0 Å². The van der Waals surface area contributed by atoms with Crippen LogP contribution in [0.4, 0.5) is 10.2 Å². The van der Waals surface area contributed by atoms with Crippen LogP contribution >= 0.6 is 0 Å². The number of aromatic nitrogens is 4. The molecular weight excluding hydrogens is 335 g/mol. The van der Waals surface area contributed by atoms with Crippen molar-refractivity contribution in [3.05, 3.63) is 42.1 Å². The van der Waals surface area contributed by atoms with Gasteiger partial charge in [0.1, 0.15) is 12.1 Å². The van der Waals surface area contributed by atoms with Gasteiger partial charge in [-0.1, -0.05) is 6.07 Å². The Labute approximate surface area is 151 Å². The van der Waals surface area contributed by atoms with E-state index in [9.17, 15) is 4.39 Å². The van der Waals surface area contributed by atoms with Gasteiger partial charge in [0.15, 0.2) is 17.2 Å². The van der Waals surface area contributed by atoms with Gasteiger partial charge in [-0.2, -0.15) is 5.10 Å². The smallest absolute Gasteiger partial charge is 0.165 e. The molecule has 0 aliphatic carbocycles. The van der Waals surface area contributed by atoms with Crippen LogP contribution in [0.2, 0.25) is 0 Å². The molecule has 0 bridgehead atoms. The second-order valence-electron chi connectivity index (χ2n) is 6.43. The summed E-state index contributed by atoms with van der Waals surface area (Å²) in [5.74, 6) is 0.893. The van der Waals surface area contributed by atoms with E-state index in [2.05, 4.69) is 24.9 Å². The van der Waals surface area contributed by atoms with Crippen LogP contribution in [-0.2, 0) is 13.6 Å². The van der Waals surface area contributed by atoms with Gasteiger partial charge in [0.2, 0.25) is 0 Å². The highest BCUT2D eigenvalue weighted by Crippen LogP contribution is 2.24. The summed E-state index contributed by atoms with van der Waals surface area (Å²) >= 11 is 0. The minimum atomic E-state index is -0.316. The molecule has 0 radical (unpaired) electrons. The Morgan fingerprint density at radius 1 is 1.15 bits per heavy atom. The molecular formula is C18H21FN6O. The van der Waals surface area contributed by atoms with Crippen LogP contribution in [0.5, 0.6) is 5.75 Å². The highest BCUT2D eigenvalue weighted by Gasteiger charge is 2.21. The highest BCUT2D eigenvalue weighted by atomic mass is 19.1. The first-order chi connectivity index (χ1) is 12.7. The topological polar surface area (TPSA) is 59.3 Å². The third kappa shape index (κ3) is 3.08. The fraction of sp³-hybridized carbons (Fsp3) is 0.389. The Morgan fingerprint density at radius 3 is 2.69 bits per heavy atom. The van der Waals surface area contributed by atoms with E-state index < -0.39 is 0 Å². The Morgan fingerprint density at radius 2 is 1.96 bits per heavy atom. The monoisotopic (exact) mass is 356 g/mol. The summed E-state index contributed by atoms with van der Waals surface area (Å²) in [6.07, 6.45) is 3.41. The molecule has 0 N–H and O–H groups in total. The Hall–Kier alpha value is -2.74. The lowest BCUT2D eigenvalue weighted by molar-refractivity contribution is 0.249. The lowest BCUT2D eigenvalue weighted by Gasteiger charge is -2.35. The molecule has 0 amide bonds. The molecule has 3 aromatic rings. The molecule has 8 heteroatoms. The molecule has 3 heterocycles. The summed E-state index contributed by atoms with van der Waals surface area (Å²) in [4.78, 5) is 13.3. The molecule has 0 saturated carbocycles. The van der Waals surface area contributed by atoms with E-state index in [1.807, 2.05) is 19.3 Å². The maximum Gasteiger partial charge on any atom is 0.165 e. The summed E-state index contributed by atoms with van der Waals surface area (Å²) in [6.45, 7) is 4.22. The number of benzene rings is 1. The minimum Gasteiger partial charge on any atom is -0.494 e. The number of hydrogen-bond donors (Lipinski definition) is 0. The van der Waals surface area contributed by atoms with Crippen molar-refractivity contribution in [1.82, 2.24) is 24.6 Å². The number of nitrogens with zero attached hydrogens (tertiary/aromatic N) is 6. The fourth-order valence-corrected chi connectivity index (χ4v) is 3.39. The van der Waals surface area contributed by atoms with Crippen molar-refractivity contribution in [3.8, 4) is 5.75 Å². The summed E-state index contributed by atoms with van der Waals surface area (Å²) < 4.78 is 20.6. The van der Waals surface area contributed by atoms with Crippen molar-refractivity contribution in [2.45, 2.75) is 6.54 Å². The van der Waals surface area contributed by atoms with Gasteiger partial charge in [0.05, 0.1) is 18.7 Å². The van der Waals surface area contributed by atoms with E-state index in [1.54, 1.807) is 23.1 Å². The first-order valence-corrected chi connectivity index (χ1v) is 8.58. The second kappa shape index (κ2) is 6.87. The average molecular weight is 356 g/mol. The number of methoxy groups -OCH3 is 1. The molecule has 1 saturated heterocycles. The zero-order valence-electron chi connectivity index (χ0n) is 14.9. The maximum atomic E-state index is 13.9. The molecule has 1 aliphatic rings. The van der Waals surface area contributed by atoms with E-state index in [4.69, 9.17) is 4.74 Å². The van der Waals surface area contributed by atoms with Crippen molar-refractivity contribution in [1.29, 1.82) is 0 Å². The number of piperazine rings is 1. The Kier molecular flexibility index (Phi) is 4.42. The number of ether oxygens (including phenoxy) is 1. The van der Waals surface area contributed by atoms with Crippen LogP contribution in [0, 0.1) is 5.82 Å². The van der Waals surface area contributed by atoms with Gasteiger partial charge in [-0.25, -0.2) is 14.4 Å². The first kappa shape index (κ1) is 16.7. The number of rotatable bonds is 4. The summed E-state index contributed by atoms with van der Waals surface area (Å²) in [5.41, 5.74) is 1.79. The molecule has 26 heavy (non-hydrogen) atoms. The molecule has 1 fully saturated rings. The predicted octanol–water partition coefficient (Wildman–Crippen LogP) is 1.83. The number of hydrogen-bond acceptors (Lipinski definition) is 6. The van der Waals surface area contributed by atoms with E-state index in [1.165, 1.54) is 7.11 Å². The van der Waals surface area contributed by atoms with Crippen molar-refractivity contribution in [2.24, 2.45) is 7.05 Å². The van der Waals surface area contributed by atoms with Crippen LogP contribution in [0.1, 0.15) is 5.56 Å². The summed E-state index contributed by atoms with van der Waals surface area (Å²) in [7, 11) is 3.36.